The Morgan fingerprint density at radius 3 is 1.58 bits per heavy atom. The first-order valence-electron chi connectivity index (χ1n) is 5.17. The van der Waals surface area contributed by atoms with Crippen molar-refractivity contribution in [2.24, 2.45) is 0 Å². The van der Waals surface area contributed by atoms with Gasteiger partial charge in [-0.1, -0.05) is 18.2 Å². The summed E-state index contributed by atoms with van der Waals surface area (Å²) in [6, 6.07) is 17.1. The Balaban J connectivity index is 0.000000312. The molecule has 0 saturated carbocycles. The monoisotopic (exact) mass is 386 g/mol. The fourth-order valence-corrected chi connectivity index (χ4v) is 3.31. The van der Waals surface area contributed by atoms with Gasteiger partial charge in [-0.25, -0.2) is 4.39 Å². The molecule has 0 amide bonds. The first-order chi connectivity index (χ1) is 8.84. The molecule has 0 aliphatic rings. The first kappa shape index (κ1) is 15.9. The average molecular weight is 386 g/mol. The van der Waals surface area contributed by atoms with E-state index in [1.165, 1.54) is 19.3 Å². The molecule has 0 nitrogen and oxygen atoms in total. The molecule has 2 rings (SSSR count). The lowest BCUT2D eigenvalue weighted by atomic mass is 10.3. The highest BCUT2D eigenvalue weighted by Gasteiger charge is 2.20. The molecule has 0 N–H and O–H groups in total. The molecule has 0 radical (unpaired) electrons. The van der Waals surface area contributed by atoms with Crippen LogP contribution in [0.5, 0.6) is 0 Å². The van der Waals surface area contributed by atoms with Crippen molar-refractivity contribution < 1.29 is 42.9 Å². The molecule has 19 heavy (non-hydrogen) atoms. The molecular formula is C12H9BF5I. The number of hydrogen-bond acceptors (Lipinski definition) is 0. The maximum atomic E-state index is 12.6. The van der Waals surface area contributed by atoms with Crippen molar-refractivity contribution in [1.29, 1.82) is 0 Å². The van der Waals surface area contributed by atoms with Crippen molar-refractivity contribution in [2.75, 3.05) is 0 Å². The molecule has 2 aromatic carbocycles. The smallest absolute Gasteiger partial charge is 0.418 e. The van der Waals surface area contributed by atoms with Crippen molar-refractivity contribution in [3.8, 4) is 0 Å². The van der Waals surface area contributed by atoms with E-state index in [4.69, 9.17) is 0 Å². The SMILES string of the molecule is F[B-](F)(F)F.Fc1ccc([I+]c2ccccc2)cc1. The van der Waals surface area contributed by atoms with Crippen LogP contribution in [0.4, 0.5) is 21.7 Å². The molecule has 0 aliphatic carbocycles. The Kier molecular flexibility index (Phi) is 6.27. The zero-order valence-electron chi connectivity index (χ0n) is 9.54. The second kappa shape index (κ2) is 7.47. The van der Waals surface area contributed by atoms with E-state index >= 15 is 0 Å². The predicted molar refractivity (Wildman–Crippen MR) is 60.4 cm³/mol. The maximum Gasteiger partial charge on any atom is 0.673 e. The third kappa shape index (κ3) is 8.58. The summed E-state index contributed by atoms with van der Waals surface area (Å²) >= 11 is -0.151. The van der Waals surface area contributed by atoms with Gasteiger partial charge in [-0.05, 0) is 36.4 Å². The van der Waals surface area contributed by atoms with Gasteiger partial charge in [-0.15, -0.1) is 0 Å². The van der Waals surface area contributed by atoms with E-state index in [-0.39, 0.29) is 27.0 Å². The van der Waals surface area contributed by atoms with Crippen molar-refractivity contribution in [3.05, 3.63) is 67.6 Å². The zero-order valence-corrected chi connectivity index (χ0v) is 11.7. The lowest BCUT2D eigenvalue weighted by molar-refractivity contribution is -0.597. The van der Waals surface area contributed by atoms with Crippen LogP contribution < -0.4 is 21.2 Å². The maximum absolute atomic E-state index is 12.6. The van der Waals surface area contributed by atoms with Crippen molar-refractivity contribution in [3.63, 3.8) is 0 Å². The van der Waals surface area contributed by atoms with E-state index in [2.05, 4.69) is 12.1 Å². The highest BCUT2D eigenvalue weighted by atomic mass is 127. The summed E-state index contributed by atoms with van der Waals surface area (Å²) in [5.41, 5.74) is 0. The van der Waals surface area contributed by atoms with Gasteiger partial charge in [-0.3, -0.25) is 0 Å². The van der Waals surface area contributed by atoms with E-state index in [0.717, 1.165) is 0 Å². The van der Waals surface area contributed by atoms with Gasteiger partial charge in [0.15, 0.2) is 7.14 Å². The standard InChI is InChI=1S/C12H9FI.BF4/c13-10-6-8-12(9-7-10)14-11-4-2-1-3-5-11;2-1(3,4)5/h1-9H;/q+1;-1. The Bertz CT molecular complexity index is 478. The fraction of sp³-hybridized carbons (Fsp3) is 0. The predicted octanol–water partition coefficient (Wildman–Crippen LogP) is 1.25. The second-order valence-corrected chi connectivity index (χ2v) is 6.35. The van der Waals surface area contributed by atoms with Gasteiger partial charge in [-0.2, -0.15) is 0 Å². The third-order valence-electron chi connectivity index (χ3n) is 1.75. The molecule has 0 heterocycles. The minimum atomic E-state index is -6.00. The molecule has 0 aliphatic heterocycles. The fourth-order valence-electron chi connectivity index (χ4n) is 1.10. The lowest BCUT2D eigenvalue weighted by Crippen LogP contribution is -3.61. The van der Waals surface area contributed by atoms with Crippen LogP contribution in [0.25, 0.3) is 0 Å². The quantitative estimate of drug-likeness (QED) is 0.415. The van der Waals surface area contributed by atoms with E-state index < -0.39 is 7.25 Å². The zero-order chi connectivity index (χ0) is 14.3. The van der Waals surface area contributed by atoms with E-state index in [9.17, 15) is 21.7 Å². The summed E-state index contributed by atoms with van der Waals surface area (Å²) in [6.45, 7) is 0. The summed E-state index contributed by atoms with van der Waals surface area (Å²) in [5.74, 6) is -0.161. The average Bonchev–Trinajstić information content (AvgIpc) is 2.31. The van der Waals surface area contributed by atoms with Crippen LogP contribution in [0, 0.1) is 13.0 Å². The summed E-state index contributed by atoms with van der Waals surface area (Å²) in [6.07, 6.45) is 0. The topological polar surface area (TPSA) is 0 Å². The number of rotatable bonds is 2. The summed E-state index contributed by atoms with van der Waals surface area (Å²) in [4.78, 5) is 0. The second-order valence-electron chi connectivity index (χ2n) is 3.32. The van der Waals surface area contributed by atoms with Gasteiger partial charge >= 0.3 is 28.5 Å². The van der Waals surface area contributed by atoms with Crippen LogP contribution in [0.2, 0.25) is 0 Å². The number of halogens is 6. The summed E-state index contributed by atoms with van der Waals surface area (Å²) in [7, 11) is -6.00. The Morgan fingerprint density at radius 2 is 1.11 bits per heavy atom. The normalized spacial score (nSPS) is 10.6. The molecule has 0 saturated heterocycles. The van der Waals surface area contributed by atoms with Gasteiger partial charge in [0.1, 0.15) is 5.82 Å². The highest BCUT2D eigenvalue weighted by molar-refractivity contribution is 6.50. The van der Waals surface area contributed by atoms with Crippen LogP contribution in [0.3, 0.4) is 0 Å². The molecule has 0 unspecified atom stereocenters. The largest absolute Gasteiger partial charge is 0.673 e. The van der Waals surface area contributed by atoms with Crippen LogP contribution in [0.1, 0.15) is 0 Å². The van der Waals surface area contributed by atoms with E-state index in [1.807, 2.05) is 30.3 Å². The summed E-state index contributed by atoms with van der Waals surface area (Å²) < 4.78 is 54.2. The van der Waals surface area contributed by atoms with Gasteiger partial charge < -0.3 is 17.3 Å². The highest BCUT2D eigenvalue weighted by Crippen LogP contribution is 2.06. The lowest BCUT2D eigenvalue weighted by Gasteiger charge is -1.94. The van der Waals surface area contributed by atoms with Crippen molar-refractivity contribution in [1.82, 2.24) is 0 Å². The molecule has 0 spiro atoms. The van der Waals surface area contributed by atoms with Crippen LogP contribution in [-0.4, -0.2) is 7.25 Å². The van der Waals surface area contributed by atoms with Gasteiger partial charge in [0.25, 0.3) is 0 Å². The van der Waals surface area contributed by atoms with E-state index in [0.29, 0.717) is 0 Å². The molecule has 0 fully saturated rings. The molecule has 0 bridgehead atoms. The molecule has 102 valence electrons. The van der Waals surface area contributed by atoms with Crippen LogP contribution in [-0.2, 0) is 0 Å². The number of hydrogen-bond donors (Lipinski definition) is 0. The Labute approximate surface area is 118 Å². The minimum absolute atomic E-state index is 0.151. The van der Waals surface area contributed by atoms with Crippen LogP contribution in [0.15, 0.2) is 54.6 Å². The Morgan fingerprint density at radius 1 is 0.684 bits per heavy atom. The third-order valence-corrected chi connectivity index (χ3v) is 4.44. The van der Waals surface area contributed by atoms with Gasteiger partial charge in [0.05, 0.1) is 0 Å². The minimum Gasteiger partial charge on any atom is -0.418 e. The van der Waals surface area contributed by atoms with Crippen LogP contribution >= 0.6 is 0 Å². The van der Waals surface area contributed by atoms with Crippen molar-refractivity contribution in [2.45, 2.75) is 0 Å². The summed E-state index contributed by atoms with van der Waals surface area (Å²) in [5, 5.41) is 0. The number of benzene rings is 2. The Hall–Kier alpha value is -1.12. The molecule has 0 aromatic heterocycles. The van der Waals surface area contributed by atoms with Crippen molar-refractivity contribution >= 4 is 7.25 Å². The molecule has 7 heteroatoms. The van der Waals surface area contributed by atoms with Gasteiger partial charge in [0, 0.05) is 0 Å². The van der Waals surface area contributed by atoms with E-state index in [1.54, 1.807) is 0 Å². The van der Waals surface area contributed by atoms with Gasteiger partial charge in [0.2, 0.25) is 0 Å². The molecular weight excluding hydrogens is 377 g/mol. The molecule has 0 atom stereocenters. The molecule has 2 aromatic rings. The first-order valence-corrected chi connectivity index (χ1v) is 7.33.